The van der Waals surface area contributed by atoms with E-state index in [2.05, 4.69) is 15.0 Å². The van der Waals surface area contributed by atoms with Gasteiger partial charge in [-0.15, -0.1) is 4.83 Å². The zero-order valence-corrected chi connectivity index (χ0v) is 12.9. The maximum Gasteiger partial charge on any atom is 0.270 e. The molecule has 0 fully saturated rings. The highest BCUT2D eigenvalue weighted by Gasteiger charge is 2.34. The van der Waals surface area contributed by atoms with Crippen molar-refractivity contribution in [2.24, 2.45) is 0 Å². The molecule has 0 saturated carbocycles. The summed E-state index contributed by atoms with van der Waals surface area (Å²) in [7, 11) is -3.83. The number of carbonyl (C=O) groups excluding carboxylic acids is 1. The summed E-state index contributed by atoms with van der Waals surface area (Å²) in [6.45, 7) is -0.173. The number of hydrogen-bond acceptors (Lipinski definition) is 7. The van der Waals surface area contributed by atoms with Gasteiger partial charge in [0.1, 0.15) is 12.8 Å². The Bertz CT molecular complexity index is 1010. The average molecular weight is 346 g/mol. The first-order valence-electron chi connectivity index (χ1n) is 6.83. The van der Waals surface area contributed by atoms with Crippen LogP contribution in [0.25, 0.3) is 11.5 Å². The normalized spacial score (nSPS) is 16.2. The van der Waals surface area contributed by atoms with E-state index in [0.717, 1.165) is 5.01 Å². The number of sulfonamides is 1. The molecule has 0 spiro atoms. The van der Waals surface area contributed by atoms with Crippen LogP contribution in [-0.2, 0) is 16.6 Å². The van der Waals surface area contributed by atoms with Crippen LogP contribution in [0.3, 0.4) is 0 Å². The third kappa shape index (κ3) is 2.37. The lowest BCUT2D eigenvalue weighted by Crippen LogP contribution is -2.50. The van der Waals surface area contributed by atoms with E-state index < -0.39 is 15.9 Å². The van der Waals surface area contributed by atoms with Gasteiger partial charge >= 0.3 is 0 Å². The van der Waals surface area contributed by atoms with Crippen LogP contribution in [0.1, 0.15) is 16.2 Å². The van der Waals surface area contributed by atoms with Crippen LogP contribution in [0.5, 0.6) is 0 Å². The van der Waals surface area contributed by atoms with E-state index in [1.165, 1.54) is 24.7 Å². The summed E-state index contributed by atoms with van der Waals surface area (Å²) in [6, 6.07) is 7.62. The number of fused-ring (bicyclic) bond motifs is 1. The van der Waals surface area contributed by atoms with Gasteiger partial charge in [0, 0.05) is 0 Å². The maximum atomic E-state index is 12.4. The average Bonchev–Trinajstić information content (AvgIpc) is 3.23. The van der Waals surface area contributed by atoms with Crippen LogP contribution in [0.15, 0.2) is 56.7 Å². The highest BCUT2D eigenvalue weighted by atomic mass is 32.2. The number of nitrogens with zero attached hydrogens (tertiary/aromatic N) is 3. The predicted molar refractivity (Wildman–Crippen MR) is 78.6 cm³/mol. The van der Waals surface area contributed by atoms with Crippen LogP contribution < -0.4 is 4.83 Å². The fourth-order valence-electron chi connectivity index (χ4n) is 2.33. The summed E-state index contributed by atoms with van der Waals surface area (Å²) in [6.07, 6.45) is 2.89. The van der Waals surface area contributed by atoms with Gasteiger partial charge in [-0.25, -0.2) is 8.42 Å². The molecule has 0 unspecified atom stereocenters. The highest BCUT2D eigenvalue weighted by Crippen LogP contribution is 2.23. The first kappa shape index (κ1) is 14.6. The third-order valence-electron chi connectivity index (χ3n) is 3.42. The summed E-state index contributed by atoms with van der Waals surface area (Å²) in [5, 5.41) is 4.68. The molecule has 3 aromatic rings. The second-order valence-corrected chi connectivity index (χ2v) is 6.64. The Labute approximate surface area is 135 Å². The first-order valence-corrected chi connectivity index (χ1v) is 8.31. The molecule has 1 aliphatic rings. The fraction of sp³-hybridized carbons (Fsp3) is 0.0714. The number of furan rings is 1. The van der Waals surface area contributed by atoms with Crippen LogP contribution in [0.4, 0.5) is 0 Å². The van der Waals surface area contributed by atoms with Crippen LogP contribution in [0, 0.1) is 0 Å². The van der Waals surface area contributed by atoms with E-state index in [1.807, 2.05) is 0 Å². The molecule has 9 nitrogen and oxygen atoms in total. The Hall–Kier alpha value is -2.98. The van der Waals surface area contributed by atoms with Crippen molar-refractivity contribution in [2.45, 2.75) is 11.4 Å². The zero-order valence-electron chi connectivity index (χ0n) is 12.0. The van der Waals surface area contributed by atoms with Crippen molar-refractivity contribution in [3.63, 3.8) is 0 Å². The van der Waals surface area contributed by atoms with Gasteiger partial charge in [-0.05, 0) is 18.2 Å². The summed E-state index contributed by atoms with van der Waals surface area (Å²) in [5.74, 6) is -0.122. The van der Waals surface area contributed by atoms with Crippen LogP contribution >= 0.6 is 0 Å². The van der Waals surface area contributed by atoms with Gasteiger partial charge in [-0.3, -0.25) is 9.80 Å². The Kier molecular flexibility index (Phi) is 3.22. The quantitative estimate of drug-likeness (QED) is 0.756. The number of hydrazine groups is 1. The first-order chi connectivity index (χ1) is 11.5. The SMILES string of the molecule is O=C1c2ccccc2S(=O)(=O)NN1Cc1noc(-c2ccoc2)n1. The molecular formula is C14H10N4O5S. The lowest BCUT2D eigenvalue weighted by Gasteiger charge is -2.27. The third-order valence-corrected chi connectivity index (χ3v) is 4.81. The molecule has 0 atom stereocenters. The van der Waals surface area contributed by atoms with Gasteiger partial charge in [0.2, 0.25) is 0 Å². The van der Waals surface area contributed by atoms with Gasteiger partial charge < -0.3 is 8.94 Å². The smallest absolute Gasteiger partial charge is 0.270 e. The zero-order chi connectivity index (χ0) is 16.7. The topological polar surface area (TPSA) is 119 Å². The Morgan fingerprint density at radius 2 is 2.04 bits per heavy atom. The molecule has 122 valence electrons. The van der Waals surface area contributed by atoms with Gasteiger partial charge in [0.05, 0.1) is 22.3 Å². The number of benzene rings is 1. The van der Waals surface area contributed by atoms with Crippen molar-refractivity contribution < 1.29 is 22.2 Å². The minimum absolute atomic E-state index is 0.0570. The van der Waals surface area contributed by atoms with E-state index in [9.17, 15) is 13.2 Å². The van der Waals surface area contributed by atoms with Gasteiger partial charge in [-0.2, -0.15) is 4.98 Å². The Balaban J connectivity index is 1.63. The van der Waals surface area contributed by atoms with Crippen molar-refractivity contribution in [1.82, 2.24) is 20.0 Å². The monoisotopic (exact) mass is 346 g/mol. The Morgan fingerprint density at radius 3 is 2.83 bits per heavy atom. The second kappa shape index (κ2) is 5.28. The predicted octanol–water partition coefficient (Wildman–Crippen LogP) is 1.18. The Morgan fingerprint density at radius 1 is 1.21 bits per heavy atom. The highest BCUT2D eigenvalue weighted by molar-refractivity contribution is 7.89. The molecule has 1 amide bonds. The summed E-state index contributed by atoms with van der Waals surface area (Å²) in [5.41, 5.74) is 0.680. The van der Waals surface area contributed by atoms with Gasteiger partial charge in [0.15, 0.2) is 5.82 Å². The van der Waals surface area contributed by atoms with E-state index in [-0.39, 0.29) is 28.7 Å². The van der Waals surface area contributed by atoms with Gasteiger partial charge in [-0.1, -0.05) is 17.3 Å². The maximum absolute atomic E-state index is 12.4. The van der Waals surface area contributed by atoms with Crippen LogP contribution in [-0.4, -0.2) is 29.5 Å². The molecule has 4 rings (SSSR count). The number of rotatable bonds is 3. The molecule has 0 saturated heterocycles. The lowest BCUT2D eigenvalue weighted by atomic mass is 10.2. The van der Waals surface area contributed by atoms with E-state index in [1.54, 1.807) is 18.2 Å². The standard InChI is InChI=1S/C14H10N4O5S/c19-14-10-3-1-2-4-11(10)24(20,21)17-18(14)7-12-15-13(23-16-12)9-5-6-22-8-9/h1-6,8,17H,7H2. The minimum atomic E-state index is -3.83. The lowest BCUT2D eigenvalue weighted by molar-refractivity contribution is 0.0681. The van der Waals surface area contributed by atoms with Gasteiger partial charge in [0.25, 0.3) is 21.8 Å². The van der Waals surface area contributed by atoms with E-state index >= 15 is 0 Å². The van der Waals surface area contributed by atoms with Crippen molar-refractivity contribution in [2.75, 3.05) is 0 Å². The molecule has 1 N–H and O–H groups in total. The summed E-state index contributed by atoms with van der Waals surface area (Å²) in [4.78, 5) is 18.7. The van der Waals surface area contributed by atoms with Crippen molar-refractivity contribution in [3.05, 3.63) is 54.2 Å². The molecule has 24 heavy (non-hydrogen) atoms. The van der Waals surface area contributed by atoms with Crippen molar-refractivity contribution in [3.8, 4) is 11.5 Å². The fourth-order valence-corrected chi connectivity index (χ4v) is 3.56. The molecule has 1 aliphatic heterocycles. The minimum Gasteiger partial charge on any atom is -0.472 e. The number of carbonyl (C=O) groups is 1. The molecule has 3 heterocycles. The summed E-state index contributed by atoms with van der Waals surface area (Å²) >= 11 is 0. The summed E-state index contributed by atoms with van der Waals surface area (Å²) < 4.78 is 34.5. The molecule has 10 heteroatoms. The van der Waals surface area contributed by atoms with Crippen LogP contribution in [0.2, 0.25) is 0 Å². The van der Waals surface area contributed by atoms with E-state index in [4.69, 9.17) is 8.94 Å². The van der Waals surface area contributed by atoms with Crippen molar-refractivity contribution >= 4 is 15.9 Å². The molecule has 1 aromatic carbocycles. The number of nitrogens with one attached hydrogen (secondary N) is 1. The molecular weight excluding hydrogens is 336 g/mol. The second-order valence-electron chi connectivity index (χ2n) is 5.01. The number of hydrogen-bond donors (Lipinski definition) is 1. The molecule has 2 aromatic heterocycles. The number of amides is 1. The van der Waals surface area contributed by atoms with E-state index in [0.29, 0.717) is 5.56 Å². The van der Waals surface area contributed by atoms with Crippen molar-refractivity contribution in [1.29, 1.82) is 0 Å². The molecule has 0 bridgehead atoms. The number of aromatic nitrogens is 2. The molecule has 0 aliphatic carbocycles. The largest absolute Gasteiger partial charge is 0.472 e. The molecule has 0 radical (unpaired) electrons.